The van der Waals surface area contributed by atoms with Gasteiger partial charge < -0.3 is 10.2 Å². The van der Waals surface area contributed by atoms with Crippen molar-refractivity contribution in [2.75, 3.05) is 27.2 Å². The lowest BCUT2D eigenvalue weighted by Crippen LogP contribution is -2.29. The van der Waals surface area contributed by atoms with Gasteiger partial charge in [-0.15, -0.1) is 0 Å². The standard InChI is InChI=1S/C10H18N2O/c1-12(2)10(13)7-3-8-5-11-6-9(8)4-7/h7-9,11H,3-6H2,1-2H3/t7-,8-,9+. The highest BCUT2D eigenvalue weighted by molar-refractivity contribution is 5.78. The van der Waals surface area contributed by atoms with E-state index in [0.717, 1.165) is 37.8 Å². The van der Waals surface area contributed by atoms with Crippen LogP contribution in [0.2, 0.25) is 0 Å². The fourth-order valence-corrected chi connectivity index (χ4v) is 2.73. The number of carbonyl (C=O) groups excluding carboxylic acids is 1. The average Bonchev–Trinajstić information content (AvgIpc) is 2.59. The first kappa shape index (κ1) is 9.00. The van der Waals surface area contributed by atoms with Crippen molar-refractivity contribution in [1.29, 1.82) is 0 Å². The lowest BCUT2D eigenvalue weighted by molar-refractivity contribution is -0.132. The molecule has 1 aliphatic carbocycles. The molecule has 3 nitrogen and oxygen atoms in total. The van der Waals surface area contributed by atoms with Crippen LogP contribution in [-0.2, 0) is 4.79 Å². The molecule has 1 saturated carbocycles. The average molecular weight is 182 g/mol. The minimum absolute atomic E-state index is 0.312. The molecule has 1 amide bonds. The molecule has 2 fully saturated rings. The zero-order valence-electron chi connectivity index (χ0n) is 8.42. The first-order valence-electron chi connectivity index (χ1n) is 5.10. The first-order chi connectivity index (χ1) is 6.18. The Labute approximate surface area is 79.5 Å². The zero-order valence-corrected chi connectivity index (χ0v) is 8.42. The summed E-state index contributed by atoms with van der Waals surface area (Å²) in [6, 6.07) is 0. The summed E-state index contributed by atoms with van der Waals surface area (Å²) in [5.41, 5.74) is 0. The molecule has 3 atom stereocenters. The smallest absolute Gasteiger partial charge is 0.225 e. The fraction of sp³-hybridized carbons (Fsp3) is 0.900. The molecule has 2 aliphatic rings. The molecular weight excluding hydrogens is 164 g/mol. The van der Waals surface area contributed by atoms with E-state index < -0.39 is 0 Å². The maximum atomic E-state index is 11.7. The molecule has 0 radical (unpaired) electrons. The third-order valence-corrected chi connectivity index (χ3v) is 3.44. The van der Waals surface area contributed by atoms with Gasteiger partial charge in [0.2, 0.25) is 5.91 Å². The zero-order chi connectivity index (χ0) is 9.42. The van der Waals surface area contributed by atoms with Gasteiger partial charge in [0.1, 0.15) is 0 Å². The minimum atomic E-state index is 0.312. The SMILES string of the molecule is CN(C)C(=O)[C@H]1C[C@H]2CNC[C@H]2C1. The number of amides is 1. The molecule has 3 heteroatoms. The molecule has 1 N–H and O–H groups in total. The monoisotopic (exact) mass is 182 g/mol. The van der Waals surface area contributed by atoms with Crippen LogP contribution in [0.25, 0.3) is 0 Å². The van der Waals surface area contributed by atoms with E-state index in [1.165, 1.54) is 0 Å². The van der Waals surface area contributed by atoms with Gasteiger partial charge >= 0.3 is 0 Å². The lowest BCUT2D eigenvalue weighted by Gasteiger charge is -2.16. The van der Waals surface area contributed by atoms with E-state index in [2.05, 4.69) is 5.32 Å². The van der Waals surface area contributed by atoms with E-state index in [1.807, 2.05) is 14.1 Å². The van der Waals surface area contributed by atoms with Crippen molar-refractivity contribution < 1.29 is 4.79 Å². The van der Waals surface area contributed by atoms with Crippen molar-refractivity contribution in [3.8, 4) is 0 Å². The van der Waals surface area contributed by atoms with Crippen LogP contribution < -0.4 is 5.32 Å². The molecule has 0 bridgehead atoms. The molecule has 0 aromatic carbocycles. The summed E-state index contributed by atoms with van der Waals surface area (Å²) in [4.78, 5) is 13.4. The fourth-order valence-electron chi connectivity index (χ4n) is 2.73. The van der Waals surface area contributed by atoms with Crippen LogP contribution >= 0.6 is 0 Å². The molecule has 1 heterocycles. The Kier molecular flexibility index (Phi) is 2.28. The van der Waals surface area contributed by atoms with Gasteiger partial charge in [0.25, 0.3) is 0 Å². The molecular formula is C10H18N2O. The second kappa shape index (κ2) is 3.29. The quantitative estimate of drug-likeness (QED) is 0.633. The van der Waals surface area contributed by atoms with Crippen LogP contribution in [0.3, 0.4) is 0 Å². The molecule has 0 aromatic rings. The molecule has 1 aliphatic heterocycles. The Morgan fingerprint density at radius 2 is 1.77 bits per heavy atom. The highest BCUT2D eigenvalue weighted by Crippen LogP contribution is 2.38. The minimum Gasteiger partial charge on any atom is -0.349 e. The molecule has 13 heavy (non-hydrogen) atoms. The van der Waals surface area contributed by atoms with E-state index in [4.69, 9.17) is 0 Å². The third kappa shape index (κ3) is 1.57. The second-order valence-corrected chi connectivity index (χ2v) is 4.58. The van der Waals surface area contributed by atoms with E-state index >= 15 is 0 Å². The molecule has 0 spiro atoms. The third-order valence-electron chi connectivity index (χ3n) is 3.44. The van der Waals surface area contributed by atoms with Crippen molar-refractivity contribution >= 4 is 5.91 Å². The number of hydrogen-bond acceptors (Lipinski definition) is 2. The van der Waals surface area contributed by atoms with Gasteiger partial charge in [-0.3, -0.25) is 4.79 Å². The summed E-state index contributed by atoms with van der Waals surface area (Å²) in [5.74, 6) is 2.18. The number of nitrogens with one attached hydrogen (secondary N) is 1. The van der Waals surface area contributed by atoms with Gasteiger partial charge in [-0.1, -0.05) is 0 Å². The van der Waals surface area contributed by atoms with E-state index in [1.54, 1.807) is 4.90 Å². The predicted molar refractivity (Wildman–Crippen MR) is 51.3 cm³/mol. The highest BCUT2D eigenvalue weighted by atomic mass is 16.2. The first-order valence-corrected chi connectivity index (χ1v) is 5.10. The summed E-state index contributed by atoms with van der Waals surface area (Å²) in [5, 5.41) is 3.39. The van der Waals surface area contributed by atoms with Crippen LogP contribution in [-0.4, -0.2) is 38.0 Å². The van der Waals surface area contributed by atoms with Gasteiger partial charge in [0, 0.05) is 20.0 Å². The largest absolute Gasteiger partial charge is 0.349 e. The van der Waals surface area contributed by atoms with Gasteiger partial charge in [0.05, 0.1) is 0 Å². The van der Waals surface area contributed by atoms with Crippen LogP contribution in [0.4, 0.5) is 0 Å². The maximum Gasteiger partial charge on any atom is 0.225 e. The lowest BCUT2D eigenvalue weighted by atomic mass is 10.0. The van der Waals surface area contributed by atoms with Crippen LogP contribution in [0.15, 0.2) is 0 Å². The Morgan fingerprint density at radius 1 is 1.23 bits per heavy atom. The van der Waals surface area contributed by atoms with Gasteiger partial charge in [0.15, 0.2) is 0 Å². The van der Waals surface area contributed by atoms with Crippen LogP contribution in [0.5, 0.6) is 0 Å². The Morgan fingerprint density at radius 3 is 2.23 bits per heavy atom. The molecule has 0 unspecified atom stereocenters. The van der Waals surface area contributed by atoms with Gasteiger partial charge in [-0.25, -0.2) is 0 Å². The van der Waals surface area contributed by atoms with E-state index in [-0.39, 0.29) is 0 Å². The van der Waals surface area contributed by atoms with Crippen molar-refractivity contribution in [3.63, 3.8) is 0 Å². The van der Waals surface area contributed by atoms with Gasteiger partial charge in [-0.05, 0) is 37.8 Å². The number of hydrogen-bond donors (Lipinski definition) is 1. The number of carbonyl (C=O) groups is 1. The maximum absolute atomic E-state index is 11.7. The Hall–Kier alpha value is -0.570. The summed E-state index contributed by atoms with van der Waals surface area (Å²) < 4.78 is 0. The van der Waals surface area contributed by atoms with Crippen molar-refractivity contribution in [3.05, 3.63) is 0 Å². The summed E-state index contributed by atoms with van der Waals surface area (Å²) in [6.07, 6.45) is 2.21. The topological polar surface area (TPSA) is 32.3 Å². The van der Waals surface area contributed by atoms with E-state index in [9.17, 15) is 4.79 Å². The highest BCUT2D eigenvalue weighted by Gasteiger charge is 2.40. The van der Waals surface area contributed by atoms with Crippen LogP contribution in [0.1, 0.15) is 12.8 Å². The summed E-state index contributed by atoms with van der Waals surface area (Å²) >= 11 is 0. The summed E-state index contributed by atoms with van der Waals surface area (Å²) in [7, 11) is 3.71. The van der Waals surface area contributed by atoms with Crippen molar-refractivity contribution in [1.82, 2.24) is 10.2 Å². The molecule has 0 aromatic heterocycles. The number of fused-ring (bicyclic) bond motifs is 1. The van der Waals surface area contributed by atoms with Crippen molar-refractivity contribution in [2.24, 2.45) is 17.8 Å². The van der Waals surface area contributed by atoms with E-state index in [0.29, 0.717) is 11.8 Å². The van der Waals surface area contributed by atoms with Gasteiger partial charge in [-0.2, -0.15) is 0 Å². The molecule has 74 valence electrons. The number of nitrogens with zero attached hydrogens (tertiary/aromatic N) is 1. The summed E-state index contributed by atoms with van der Waals surface area (Å²) in [6.45, 7) is 2.25. The number of rotatable bonds is 1. The van der Waals surface area contributed by atoms with Crippen molar-refractivity contribution in [2.45, 2.75) is 12.8 Å². The Balaban J connectivity index is 1.95. The van der Waals surface area contributed by atoms with Crippen LogP contribution in [0, 0.1) is 17.8 Å². The molecule has 2 rings (SSSR count). The molecule has 1 saturated heterocycles. The Bertz CT molecular complexity index is 203. The predicted octanol–water partition coefficient (Wildman–Crippen LogP) is 0.320. The normalized spacial score (nSPS) is 37.5. The second-order valence-electron chi connectivity index (χ2n) is 4.58.